The van der Waals surface area contributed by atoms with Crippen LogP contribution in [0.1, 0.15) is 17.5 Å². The predicted octanol–water partition coefficient (Wildman–Crippen LogP) is 5.07. The Morgan fingerprint density at radius 2 is 1.76 bits per heavy atom. The van der Waals surface area contributed by atoms with Gasteiger partial charge >= 0.3 is 6.18 Å². The van der Waals surface area contributed by atoms with Crippen LogP contribution < -0.4 is 0 Å². The van der Waals surface area contributed by atoms with E-state index >= 15 is 0 Å². The first-order chi connectivity index (χ1) is 7.98. The third kappa shape index (κ3) is 3.26. The first-order valence-corrected chi connectivity index (χ1v) is 7.33. The van der Waals surface area contributed by atoms with Crippen molar-refractivity contribution in [1.82, 2.24) is 0 Å². The summed E-state index contributed by atoms with van der Waals surface area (Å²) in [7, 11) is 0. The largest absolute Gasteiger partial charge is 0.417 e. The van der Waals surface area contributed by atoms with Crippen molar-refractivity contribution in [2.24, 2.45) is 0 Å². The molecule has 1 heterocycles. The maximum Gasteiger partial charge on any atom is 0.417 e. The normalized spacial score (nSPS) is 18.4. The highest BCUT2D eigenvalue weighted by molar-refractivity contribution is 8.21. The lowest BCUT2D eigenvalue weighted by Crippen LogP contribution is -2.08. The van der Waals surface area contributed by atoms with Crippen molar-refractivity contribution in [3.05, 3.63) is 38.9 Å². The van der Waals surface area contributed by atoms with Crippen LogP contribution in [0.25, 0.3) is 0 Å². The van der Waals surface area contributed by atoms with Crippen molar-refractivity contribution < 1.29 is 13.2 Å². The van der Waals surface area contributed by atoms with Gasteiger partial charge in [-0.25, -0.2) is 0 Å². The van der Waals surface area contributed by atoms with Gasteiger partial charge in [-0.3, -0.25) is 0 Å². The molecule has 1 fully saturated rings. The van der Waals surface area contributed by atoms with Gasteiger partial charge in [-0.15, -0.1) is 23.5 Å². The average molecular weight is 298 g/mol. The molecule has 1 aromatic rings. The predicted molar refractivity (Wildman–Crippen MR) is 68.3 cm³/mol. The molecular weight excluding hydrogens is 289 g/mol. The second kappa shape index (κ2) is 5.33. The molecule has 6 heteroatoms. The number of rotatable bonds is 1. The maximum absolute atomic E-state index is 12.7. The van der Waals surface area contributed by atoms with Gasteiger partial charge in [0.15, 0.2) is 0 Å². The highest BCUT2D eigenvalue weighted by atomic mass is 35.5. The van der Waals surface area contributed by atoms with Crippen LogP contribution in [-0.2, 0) is 6.18 Å². The summed E-state index contributed by atoms with van der Waals surface area (Å²) >= 11 is 8.80. The van der Waals surface area contributed by atoms with E-state index in [1.807, 2.05) is 0 Å². The van der Waals surface area contributed by atoms with Gasteiger partial charge < -0.3 is 0 Å². The SMILES string of the molecule is FC(F)(F)c1cc([C]2SCCCS2)ccc1Cl. The van der Waals surface area contributed by atoms with E-state index in [0.29, 0.717) is 5.56 Å². The summed E-state index contributed by atoms with van der Waals surface area (Å²) in [4.78, 5) is 0. The van der Waals surface area contributed by atoms with Crippen molar-refractivity contribution in [1.29, 1.82) is 0 Å². The molecule has 1 aliphatic rings. The summed E-state index contributed by atoms with van der Waals surface area (Å²) in [5.74, 6) is 1.93. The van der Waals surface area contributed by atoms with Gasteiger partial charge in [0.2, 0.25) is 0 Å². The van der Waals surface area contributed by atoms with Crippen LogP contribution in [0.3, 0.4) is 0 Å². The average Bonchev–Trinajstić information content (AvgIpc) is 2.29. The van der Waals surface area contributed by atoms with Crippen LogP contribution >= 0.6 is 35.1 Å². The number of hydrogen-bond acceptors (Lipinski definition) is 2. The quantitative estimate of drug-likeness (QED) is 0.710. The zero-order valence-corrected chi connectivity index (χ0v) is 11.1. The Hall–Kier alpha value is -0.000000000000000167. The Morgan fingerprint density at radius 1 is 1.12 bits per heavy atom. The molecule has 0 spiro atoms. The topological polar surface area (TPSA) is 0 Å². The Balaban J connectivity index is 2.30. The molecule has 93 valence electrons. The first kappa shape index (κ1) is 13.4. The minimum Gasteiger partial charge on any atom is -0.166 e. The highest BCUT2D eigenvalue weighted by Crippen LogP contribution is 2.45. The van der Waals surface area contributed by atoms with Crippen molar-refractivity contribution in [2.75, 3.05) is 11.5 Å². The molecular formula is C11H9ClF3S2. The van der Waals surface area contributed by atoms with Crippen molar-refractivity contribution in [3.8, 4) is 0 Å². The van der Waals surface area contributed by atoms with Gasteiger partial charge in [0, 0.05) is 0 Å². The maximum atomic E-state index is 12.7. The lowest BCUT2D eigenvalue weighted by molar-refractivity contribution is -0.137. The van der Waals surface area contributed by atoms with Gasteiger partial charge in [-0.05, 0) is 35.6 Å². The fourth-order valence-electron chi connectivity index (χ4n) is 1.47. The molecule has 0 N–H and O–H groups in total. The van der Waals surface area contributed by atoms with Gasteiger partial charge in [0.1, 0.15) is 4.58 Å². The summed E-state index contributed by atoms with van der Waals surface area (Å²) < 4.78 is 39.0. The zero-order valence-electron chi connectivity index (χ0n) is 8.68. The van der Waals surface area contributed by atoms with Gasteiger partial charge in [0.25, 0.3) is 0 Å². The molecule has 1 aliphatic heterocycles. The standard InChI is InChI=1S/C11H9ClF3S2/c12-9-3-2-7(6-8(9)11(13,14)15)10-16-4-1-5-17-10/h2-3,6H,1,4-5H2. The Bertz CT molecular complexity index is 400. The van der Waals surface area contributed by atoms with Gasteiger partial charge in [0.05, 0.1) is 10.6 Å². The molecule has 0 unspecified atom stereocenters. The summed E-state index contributed by atoms with van der Waals surface area (Å²) in [6.07, 6.45) is -3.30. The van der Waals surface area contributed by atoms with E-state index < -0.39 is 11.7 Å². The molecule has 0 nitrogen and oxygen atoms in total. The van der Waals surface area contributed by atoms with Crippen LogP contribution in [0.15, 0.2) is 18.2 Å². The number of hydrogen-bond donors (Lipinski definition) is 0. The molecule has 2 rings (SSSR count). The van der Waals surface area contributed by atoms with E-state index in [2.05, 4.69) is 0 Å². The monoisotopic (exact) mass is 297 g/mol. The number of thioether (sulfide) groups is 2. The molecule has 17 heavy (non-hydrogen) atoms. The minimum absolute atomic E-state index is 0.243. The van der Waals surface area contributed by atoms with Crippen LogP contribution in [0.4, 0.5) is 13.2 Å². The Kier molecular flexibility index (Phi) is 4.21. The van der Waals surface area contributed by atoms with E-state index in [0.717, 1.165) is 28.6 Å². The molecule has 1 saturated heterocycles. The number of halogens is 4. The van der Waals surface area contributed by atoms with E-state index in [-0.39, 0.29) is 5.02 Å². The zero-order chi connectivity index (χ0) is 12.5. The minimum atomic E-state index is -4.39. The first-order valence-electron chi connectivity index (χ1n) is 4.98. The van der Waals surface area contributed by atoms with Gasteiger partial charge in [-0.2, -0.15) is 13.2 Å². The summed E-state index contributed by atoms with van der Waals surface area (Å²) in [6.45, 7) is 0. The smallest absolute Gasteiger partial charge is 0.166 e. The molecule has 0 aromatic heterocycles. The van der Waals surface area contributed by atoms with Crippen LogP contribution in [0.5, 0.6) is 0 Å². The van der Waals surface area contributed by atoms with Crippen LogP contribution in [0, 0.1) is 4.58 Å². The fraction of sp³-hybridized carbons (Fsp3) is 0.364. The molecule has 1 aromatic carbocycles. The summed E-state index contributed by atoms with van der Waals surface area (Å²) in [5.41, 5.74) is -0.132. The highest BCUT2D eigenvalue weighted by Gasteiger charge is 2.34. The molecule has 0 atom stereocenters. The van der Waals surface area contributed by atoms with Crippen molar-refractivity contribution in [3.63, 3.8) is 0 Å². The van der Waals surface area contributed by atoms with Crippen molar-refractivity contribution in [2.45, 2.75) is 12.6 Å². The molecule has 0 saturated carbocycles. The molecule has 0 aliphatic carbocycles. The fourth-order valence-corrected chi connectivity index (χ4v) is 4.24. The van der Waals surface area contributed by atoms with E-state index in [4.69, 9.17) is 11.6 Å². The third-order valence-electron chi connectivity index (χ3n) is 2.26. The Labute approximate surface area is 111 Å². The molecule has 0 bridgehead atoms. The number of benzene rings is 1. The molecule has 1 radical (unpaired) electrons. The second-order valence-corrected chi connectivity index (χ2v) is 6.41. The lowest BCUT2D eigenvalue weighted by atomic mass is 10.1. The summed E-state index contributed by atoms with van der Waals surface area (Å²) in [5, 5.41) is -0.243. The molecule has 0 amide bonds. The lowest BCUT2D eigenvalue weighted by Gasteiger charge is -2.21. The van der Waals surface area contributed by atoms with E-state index in [1.54, 1.807) is 29.6 Å². The van der Waals surface area contributed by atoms with E-state index in [1.165, 1.54) is 6.07 Å². The third-order valence-corrected chi connectivity index (χ3v) is 5.28. The van der Waals surface area contributed by atoms with Crippen molar-refractivity contribution >= 4 is 35.1 Å². The second-order valence-electron chi connectivity index (χ2n) is 3.53. The van der Waals surface area contributed by atoms with Crippen LogP contribution in [0.2, 0.25) is 5.02 Å². The summed E-state index contributed by atoms with van der Waals surface area (Å²) in [6, 6.07) is 4.11. The van der Waals surface area contributed by atoms with Gasteiger partial charge in [-0.1, -0.05) is 17.7 Å². The Morgan fingerprint density at radius 3 is 2.35 bits per heavy atom. The number of alkyl halides is 3. The van der Waals surface area contributed by atoms with Crippen LogP contribution in [-0.4, -0.2) is 11.5 Å². The van der Waals surface area contributed by atoms with E-state index in [9.17, 15) is 13.2 Å².